The number of esters is 3. The summed E-state index contributed by atoms with van der Waals surface area (Å²) < 4.78 is 45.2. The van der Waals surface area contributed by atoms with Crippen LogP contribution in [0.25, 0.3) is 45.0 Å². The summed E-state index contributed by atoms with van der Waals surface area (Å²) in [6.45, 7) is 18.9. The van der Waals surface area contributed by atoms with Crippen LogP contribution in [0.5, 0.6) is 28.7 Å². The minimum atomic E-state index is -1.22. The van der Waals surface area contributed by atoms with Crippen molar-refractivity contribution in [3.63, 3.8) is 0 Å². The number of nitrogens with zero attached hydrogens (tertiary/aromatic N) is 4. The zero-order chi connectivity index (χ0) is 65.7. The van der Waals surface area contributed by atoms with Gasteiger partial charge in [0, 0.05) is 95.0 Å². The average Bonchev–Trinajstić information content (AvgIpc) is 1.77. The Kier molecular flexibility index (Phi) is 34.4. The number of aryl methyl sites for hydroxylation is 2. The Hall–Kier alpha value is -4.56. The molecule has 5 N–H and O–H groups in total. The number of phenolic OH excluding ortho intramolecular Hbond substituents is 1. The maximum atomic E-state index is 12.4. The number of halogens is 2. The first-order valence-electron chi connectivity index (χ1n) is 29.0. The summed E-state index contributed by atoms with van der Waals surface area (Å²) in [6, 6.07) is 28.1. The van der Waals surface area contributed by atoms with Gasteiger partial charge in [-0.25, -0.2) is 19.2 Å². The number of benzene rings is 4. The standard InChI is InChI=1S/C18H18NO4.C17H16ClNO5.C17H15ClNO4.C16H14NO4.3H2O.3Rb/c1-4-22-18(21)14-9-19-12(3)10-23-17-6-5-11(2)7-13(17)15(19)8-16(14)20;1-3-23-17(22)11-7-19-9(2)8-24-16-6-15(21)12(18)4-10(16)13(19)5-14(11)20;1-3-22-17(21)13-8-19-10(2)9-23-16-5-4-11(18)6-12(16)14(19)7-15(13)20;1-9-3-4-15-11(5-9)13-6-14(18)12(16(19)20)7-17(13)10(2)8-21-15;;;;;;/h6-9,12H,4,10H2,1-3H3;4-7,9,21H,3,8H2,1-2H3;5-8,10H,3,9H2,1-2H3;4-7,10H,8H2,1-2H3,(H,19,20);3*1H2;;;/q-1;;2*-1;;;;3*+1/p-3/t12-;9-;2*10-;;;;;;/m1111....../s1. The fourth-order valence-corrected chi connectivity index (χ4v) is 10.7. The van der Waals surface area contributed by atoms with Crippen LogP contribution in [0.3, 0.4) is 0 Å². The van der Waals surface area contributed by atoms with E-state index in [9.17, 15) is 43.5 Å². The average molecular weight is 1590 g/mol. The summed E-state index contributed by atoms with van der Waals surface area (Å²) in [5.74, 6) is -0.799. The molecule has 0 aliphatic carbocycles. The molecule has 8 heterocycles. The van der Waals surface area contributed by atoms with Crippen LogP contribution < -0.4 is 215 Å². The third-order valence-corrected chi connectivity index (χ3v) is 15.5. The molecule has 29 heteroatoms. The molecule has 0 saturated carbocycles. The number of hydrogen-bond acceptors (Lipinski definition) is 19. The van der Waals surface area contributed by atoms with E-state index < -0.39 is 40.2 Å². The van der Waals surface area contributed by atoms with Gasteiger partial charge in [0.25, 0.3) is 0 Å². The Labute approximate surface area is 714 Å². The summed E-state index contributed by atoms with van der Waals surface area (Å²) in [5, 5.41) is 19.5. The fourth-order valence-electron chi connectivity index (χ4n) is 10.4. The zero-order valence-electron chi connectivity index (χ0n) is 55.4. The van der Waals surface area contributed by atoms with E-state index in [1.807, 2.05) is 62.8 Å². The molecule has 4 aliphatic rings. The second kappa shape index (κ2) is 38.5. The molecule has 4 atom stereocenters. The quantitative estimate of drug-likeness (QED) is 0.130. The number of carboxylic acid groups (broad SMARTS) is 1. The first-order valence-corrected chi connectivity index (χ1v) is 29.8. The molecule has 0 fully saturated rings. The number of hydrogen-bond donors (Lipinski definition) is 2. The Morgan fingerprint density at radius 1 is 0.464 bits per heavy atom. The van der Waals surface area contributed by atoms with Crippen LogP contribution in [-0.4, -0.2) is 115 Å². The Balaban J connectivity index is 0.000000330. The van der Waals surface area contributed by atoms with Gasteiger partial charge in [0.15, 0.2) is 21.7 Å². The van der Waals surface area contributed by atoms with Gasteiger partial charge in [0.05, 0.1) is 74.5 Å². The molecule has 0 radical (unpaired) electrons. The number of fused-ring (bicyclic) bond motifs is 12. The second-order valence-corrected chi connectivity index (χ2v) is 22.4. The third kappa shape index (κ3) is 20.0. The number of pyridine rings is 4. The van der Waals surface area contributed by atoms with Crippen molar-refractivity contribution in [2.24, 2.45) is 0 Å². The number of phenols is 1. The largest absolute Gasteiger partial charge is 1.00 e. The van der Waals surface area contributed by atoms with Crippen molar-refractivity contribution < 1.29 is 254 Å². The van der Waals surface area contributed by atoms with Crippen LogP contribution in [0.15, 0.2) is 117 Å². The van der Waals surface area contributed by atoms with Crippen LogP contribution in [0.2, 0.25) is 10.0 Å². The molecule has 0 unspecified atom stereocenters. The van der Waals surface area contributed by atoms with E-state index in [1.165, 1.54) is 48.9 Å². The van der Waals surface area contributed by atoms with Gasteiger partial charge in [-0.15, -0.1) is 35.9 Å². The smallest absolute Gasteiger partial charge is 0.870 e. The van der Waals surface area contributed by atoms with Crippen molar-refractivity contribution in [3.05, 3.63) is 200 Å². The van der Waals surface area contributed by atoms with Crippen LogP contribution in [0.1, 0.15) is 125 Å². The van der Waals surface area contributed by atoms with Gasteiger partial charge in [0.2, 0.25) is 0 Å². The SMILES string of the molecule is CCOC(=O)c1cn2c(cc1=O)-c1cc(C)[c-]cc1OC[C@H]2C.CCOC(=O)c1cn2c(cc1=O)-c1cc(Cl)[c-]cc1OC[C@H]2C.CCOC(=O)c1cn2c(cc1=O)-c1cc(Cl)c(O)cc1OC[C@H]2C.Cc1[c-]cc2c(c1)-c1cc(=O)c(C(=O)O)cn1[C@H](C)CO2.[OH-].[OH-].[OH-].[Rb+].[Rb+].[Rb+]. The van der Waals surface area contributed by atoms with Crippen molar-refractivity contribution in [3.8, 4) is 73.8 Å². The number of carboxylic acids is 1. The maximum Gasteiger partial charge on any atom is 1.00 e. The number of aromatic nitrogens is 4. The maximum absolute atomic E-state index is 12.4. The van der Waals surface area contributed by atoms with E-state index in [-0.39, 0.29) is 273 Å². The summed E-state index contributed by atoms with van der Waals surface area (Å²) in [5.41, 5.74) is 5.52. The van der Waals surface area contributed by atoms with E-state index in [1.54, 1.807) is 66.4 Å². The van der Waals surface area contributed by atoms with Gasteiger partial charge < -0.3 is 78.1 Å². The molecule has 0 spiro atoms. The predicted octanol–water partition coefficient (Wildman–Crippen LogP) is 1.61. The molecule has 4 aliphatic heterocycles. The third-order valence-electron chi connectivity index (χ3n) is 15.0. The zero-order valence-corrected chi connectivity index (χ0v) is 71.7. The summed E-state index contributed by atoms with van der Waals surface area (Å²) in [6.07, 6.45) is 5.99. The molecule has 8 aromatic rings. The van der Waals surface area contributed by atoms with E-state index in [4.69, 9.17) is 61.5 Å². The van der Waals surface area contributed by atoms with Gasteiger partial charge in [-0.05, 0) is 54.5 Å². The Morgan fingerprint density at radius 3 is 1.08 bits per heavy atom. The van der Waals surface area contributed by atoms with Crippen molar-refractivity contribution in [2.75, 3.05) is 46.2 Å². The Bertz CT molecular complexity index is 4320. The molecule has 498 valence electrons. The van der Waals surface area contributed by atoms with Gasteiger partial charge >= 0.3 is 198 Å². The van der Waals surface area contributed by atoms with Crippen molar-refractivity contribution in [1.82, 2.24) is 18.3 Å². The number of rotatable bonds is 7. The molecule has 12 rings (SSSR count). The number of aromatic carboxylic acids is 1. The van der Waals surface area contributed by atoms with E-state index in [0.717, 1.165) is 27.9 Å². The normalized spacial score (nSPS) is 15.0. The topological polar surface area (TPSA) is 351 Å². The van der Waals surface area contributed by atoms with E-state index >= 15 is 0 Å². The first-order chi connectivity index (χ1) is 43.4. The van der Waals surface area contributed by atoms with Crippen LogP contribution in [0, 0.1) is 32.0 Å². The molecule has 24 nitrogen and oxygen atoms in total. The van der Waals surface area contributed by atoms with E-state index in [2.05, 4.69) is 18.2 Å². The Morgan fingerprint density at radius 2 is 0.753 bits per heavy atom. The summed E-state index contributed by atoms with van der Waals surface area (Å²) in [4.78, 5) is 96.1. The number of ether oxygens (including phenoxy) is 7. The van der Waals surface area contributed by atoms with Crippen LogP contribution in [-0.2, 0) is 14.2 Å². The molecule has 4 aromatic carbocycles. The molecule has 0 saturated heterocycles. The molecule has 97 heavy (non-hydrogen) atoms. The molecule has 0 amide bonds. The van der Waals surface area contributed by atoms with E-state index in [0.29, 0.717) is 82.7 Å². The van der Waals surface area contributed by atoms with Gasteiger partial charge in [-0.1, -0.05) is 47.2 Å². The van der Waals surface area contributed by atoms with Crippen LogP contribution in [0.4, 0.5) is 0 Å². The van der Waals surface area contributed by atoms with Gasteiger partial charge in [0.1, 0.15) is 40.4 Å². The molecule has 0 bridgehead atoms. The number of carbonyl (C=O) groups excluding carboxylic acids is 3. The fraction of sp³-hybridized carbons (Fsp3) is 0.294. The molecular weight excluding hydrogens is 1520 g/mol. The summed E-state index contributed by atoms with van der Waals surface area (Å²) >= 11 is 12.0. The van der Waals surface area contributed by atoms with Crippen molar-refractivity contribution >= 4 is 47.1 Å². The van der Waals surface area contributed by atoms with Crippen LogP contribution >= 0.6 is 23.2 Å². The minimum absolute atomic E-state index is 0. The predicted molar refractivity (Wildman–Crippen MR) is 344 cm³/mol. The summed E-state index contributed by atoms with van der Waals surface area (Å²) in [7, 11) is 0. The minimum Gasteiger partial charge on any atom is -0.870 e. The first kappa shape index (κ1) is 86.7. The van der Waals surface area contributed by atoms with Gasteiger partial charge in [-0.2, -0.15) is 41.5 Å². The number of aromatic hydroxyl groups is 1. The monoisotopic (exact) mass is 1580 g/mol. The van der Waals surface area contributed by atoms with Gasteiger partial charge in [-0.3, -0.25) is 19.2 Å². The number of carbonyl (C=O) groups is 4. The van der Waals surface area contributed by atoms with Crippen molar-refractivity contribution in [2.45, 2.75) is 86.5 Å². The molecular formula is C68H66Cl2N4O20Rb3-3. The van der Waals surface area contributed by atoms with Crippen molar-refractivity contribution in [1.29, 1.82) is 0 Å². The second-order valence-electron chi connectivity index (χ2n) is 21.6. The molecule has 4 aromatic heterocycles.